The summed E-state index contributed by atoms with van der Waals surface area (Å²) in [4.78, 5) is 11.7. The minimum Gasteiger partial charge on any atom is -0.409 e. The SMILES string of the molecule is CCCCCCCC(=O)NCc1cccc(C(N)=NO)c1. The van der Waals surface area contributed by atoms with Gasteiger partial charge in [-0.25, -0.2) is 0 Å². The second-order valence-corrected chi connectivity index (χ2v) is 5.13. The van der Waals surface area contributed by atoms with Crippen molar-refractivity contribution in [3.63, 3.8) is 0 Å². The Labute approximate surface area is 126 Å². The van der Waals surface area contributed by atoms with Crippen molar-refractivity contribution in [3.05, 3.63) is 35.4 Å². The Morgan fingerprint density at radius 1 is 1.29 bits per heavy atom. The lowest BCUT2D eigenvalue weighted by molar-refractivity contribution is -0.121. The maximum absolute atomic E-state index is 11.7. The third-order valence-corrected chi connectivity index (χ3v) is 3.33. The Balaban J connectivity index is 2.33. The van der Waals surface area contributed by atoms with Crippen LogP contribution < -0.4 is 11.1 Å². The van der Waals surface area contributed by atoms with Gasteiger partial charge in [-0.15, -0.1) is 0 Å². The summed E-state index contributed by atoms with van der Waals surface area (Å²) < 4.78 is 0. The number of carbonyl (C=O) groups excluding carboxylic acids is 1. The lowest BCUT2D eigenvalue weighted by atomic mass is 10.1. The highest BCUT2D eigenvalue weighted by molar-refractivity contribution is 5.97. The highest BCUT2D eigenvalue weighted by atomic mass is 16.4. The van der Waals surface area contributed by atoms with Crippen LogP contribution in [0.5, 0.6) is 0 Å². The Hall–Kier alpha value is -2.04. The van der Waals surface area contributed by atoms with E-state index in [4.69, 9.17) is 10.9 Å². The van der Waals surface area contributed by atoms with Crippen molar-refractivity contribution in [2.24, 2.45) is 10.9 Å². The highest BCUT2D eigenvalue weighted by Crippen LogP contribution is 2.07. The van der Waals surface area contributed by atoms with Crippen molar-refractivity contribution in [1.29, 1.82) is 0 Å². The maximum atomic E-state index is 11.7. The molecule has 1 rings (SSSR count). The van der Waals surface area contributed by atoms with Gasteiger partial charge in [-0.05, 0) is 18.1 Å². The van der Waals surface area contributed by atoms with Crippen molar-refractivity contribution < 1.29 is 10.0 Å². The van der Waals surface area contributed by atoms with Gasteiger partial charge in [0.15, 0.2) is 5.84 Å². The largest absolute Gasteiger partial charge is 0.409 e. The number of rotatable bonds is 9. The van der Waals surface area contributed by atoms with Gasteiger partial charge in [0.25, 0.3) is 0 Å². The van der Waals surface area contributed by atoms with E-state index in [0.29, 0.717) is 18.5 Å². The molecule has 0 atom stereocenters. The third kappa shape index (κ3) is 6.79. The third-order valence-electron chi connectivity index (χ3n) is 3.33. The summed E-state index contributed by atoms with van der Waals surface area (Å²) in [6, 6.07) is 7.28. The van der Waals surface area contributed by atoms with E-state index in [1.807, 2.05) is 12.1 Å². The number of hydrogen-bond donors (Lipinski definition) is 3. The fourth-order valence-electron chi connectivity index (χ4n) is 2.08. The molecular weight excluding hydrogens is 266 g/mol. The van der Waals surface area contributed by atoms with Crippen LogP contribution in [0.25, 0.3) is 0 Å². The number of nitrogens with zero attached hydrogens (tertiary/aromatic N) is 1. The molecule has 0 saturated carbocycles. The Bertz CT molecular complexity index is 472. The first-order chi connectivity index (χ1) is 10.2. The minimum atomic E-state index is 0.0686. The molecule has 0 aliphatic carbocycles. The van der Waals surface area contributed by atoms with Gasteiger partial charge in [-0.1, -0.05) is 56.0 Å². The number of amidine groups is 1. The van der Waals surface area contributed by atoms with Gasteiger partial charge in [-0.3, -0.25) is 4.79 Å². The molecule has 0 aliphatic rings. The van der Waals surface area contributed by atoms with Crippen LogP contribution in [0, 0.1) is 0 Å². The topological polar surface area (TPSA) is 87.7 Å². The van der Waals surface area contributed by atoms with Crippen LogP contribution in [-0.2, 0) is 11.3 Å². The molecule has 0 saturated heterocycles. The van der Waals surface area contributed by atoms with E-state index < -0.39 is 0 Å². The average Bonchev–Trinajstić information content (AvgIpc) is 2.52. The number of amides is 1. The first kappa shape index (κ1) is 17.0. The Kier molecular flexibility index (Phi) is 7.94. The molecule has 4 N–H and O–H groups in total. The predicted octanol–water partition coefficient (Wildman–Crippen LogP) is 2.76. The molecule has 5 nitrogen and oxygen atoms in total. The monoisotopic (exact) mass is 291 g/mol. The molecule has 0 spiro atoms. The molecule has 21 heavy (non-hydrogen) atoms. The molecule has 0 bridgehead atoms. The normalized spacial score (nSPS) is 11.4. The number of oxime groups is 1. The summed E-state index contributed by atoms with van der Waals surface area (Å²) in [5.41, 5.74) is 7.11. The maximum Gasteiger partial charge on any atom is 0.220 e. The molecule has 0 radical (unpaired) electrons. The lowest BCUT2D eigenvalue weighted by Gasteiger charge is -2.07. The van der Waals surface area contributed by atoms with Crippen LogP contribution in [0.15, 0.2) is 29.4 Å². The van der Waals surface area contributed by atoms with Gasteiger partial charge in [0.1, 0.15) is 0 Å². The molecule has 0 aliphatic heterocycles. The molecule has 0 heterocycles. The van der Waals surface area contributed by atoms with Gasteiger partial charge in [-0.2, -0.15) is 0 Å². The summed E-state index contributed by atoms with van der Waals surface area (Å²) in [5, 5.41) is 14.5. The van der Waals surface area contributed by atoms with E-state index in [0.717, 1.165) is 18.4 Å². The predicted molar refractivity (Wildman–Crippen MR) is 84.2 cm³/mol. The molecule has 5 heteroatoms. The van der Waals surface area contributed by atoms with E-state index in [2.05, 4.69) is 17.4 Å². The number of benzene rings is 1. The Morgan fingerprint density at radius 3 is 2.76 bits per heavy atom. The summed E-state index contributed by atoms with van der Waals surface area (Å²) >= 11 is 0. The van der Waals surface area contributed by atoms with Gasteiger partial charge < -0.3 is 16.3 Å². The van der Waals surface area contributed by atoms with E-state index in [9.17, 15) is 4.79 Å². The zero-order valence-electron chi connectivity index (χ0n) is 12.6. The number of nitrogens with two attached hydrogens (primary N) is 1. The lowest BCUT2D eigenvalue weighted by Crippen LogP contribution is -2.22. The van der Waals surface area contributed by atoms with Crippen LogP contribution >= 0.6 is 0 Å². The van der Waals surface area contributed by atoms with Crippen LogP contribution in [0.1, 0.15) is 56.6 Å². The molecule has 0 aromatic heterocycles. The molecule has 1 aromatic rings. The first-order valence-electron chi connectivity index (χ1n) is 7.51. The molecular formula is C16H25N3O2. The van der Waals surface area contributed by atoms with Crippen LogP contribution in [-0.4, -0.2) is 17.0 Å². The van der Waals surface area contributed by atoms with Gasteiger partial charge in [0, 0.05) is 18.5 Å². The van der Waals surface area contributed by atoms with Crippen LogP contribution in [0.4, 0.5) is 0 Å². The van der Waals surface area contributed by atoms with Crippen molar-refractivity contribution in [2.45, 2.75) is 52.0 Å². The minimum absolute atomic E-state index is 0.0686. The van der Waals surface area contributed by atoms with Crippen molar-refractivity contribution in [2.75, 3.05) is 0 Å². The van der Waals surface area contributed by atoms with Crippen molar-refractivity contribution in [3.8, 4) is 0 Å². The molecule has 0 unspecified atom stereocenters. The second-order valence-electron chi connectivity index (χ2n) is 5.13. The fraction of sp³-hybridized carbons (Fsp3) is 0.500. The summed E-state index contributed by atoms with van der Waals surface area (Å²) in [7, 11) is 0. The fourth-order valence-corrected chi connectivity index (χ4v) is 2.08. The molecule has 116 valence electrons. The average molecular weight is 291 g/mol. The van der Waals surface area contributed by atoms with Gasteiger partial charge in [0.05, 0.1) is 0 Å². The first-order valence-corrected chi connectivity index (χ1v) is 7.51. The summed E-state index contributed by atoms with van der Waals surface area (Å²) in [5.74, 6) is 0.139. The van der Waals surface area contributed by atoms with E-state index in [1.54, 1.807) is 12.1 Å². The van der Waals surface area contributed by atoms with E-state index in [1.165, 1.54) is 19.3 Å². The zero-order chi connectivity index (χ0) is 15.5. The van der Waals surface area contributed by atoms with E-state index in [-0.39, 0.29) is 11.7 Å². The van der Waals surface area contributed by atoms with E-state index >= 15 is 0 Å². The number of unbranched alkanes of at least 4 members (excludes halogenated alkanes) is 4. The standard InChI is InChI=1S/C16H25N3O2/c1-2-3-4-5-6-10-15(20)18-12-13-8-7-9-14(11-13)16(17)19-21/h7-9,11,21H,2-6,10,12H2,1H3,(H2,17,19)(H,18,20). The zero-order valence-corrected chi connectivity index (χ0v) is 12.6. The van der Waals surface area contributed by atoms with Crippen molar-refractivity contribution >= 4 is 11.7 Å². The number of carbonyl (C=O) groups is 1. The van der Waals surface area contributed by atoms with Crippen molar-refractivity contribution in [1.82, 2.24) is 5.32 Å². The second kappa shape index (κ2) is 9.80. The highest BCUT2D eigenvalue weighted by Gasteiger charge is 2.03. The van der Waals surface area contributed by atoms with Gasteiger partial charge >= 0.3 is 0 Å². The smallest absolute Gasteiger partial charge is 0.220 e. The molecule has 1 amide bonds. The van der Waals surface area contributed by atoms with Gasteiger partial charge in [0.2, 0.25) is 5.91 Å². The Morgan fingerprint density at radius 2 is 2.05 bits per heavy atom. The molecule has 1 aromatic carbocycles. The molecule has 0 fully saturated rings. The van der Waals surface area contributed by atoms with Crippen LogP contribution in [0.2, 0.25) is 0 Å². The number of nitrogens with one attached hydrogen (secondary N) is 1. The van der Waals surface area contributed by atoms with Crippen LogP contribution in [0.3, 0.4) is 0 Å². The summed E-state index contributed by atoms with van der Waals surface area (Å²) in [6.07, 6.45) is 6.27. The summed E-state index contributed by atoms with van der Waals surface area (Å²) in [6.45, 7) is 2.63. The number of hydrogen-bond acceptors (Lipinski definition) is 3. The quantitative estimate of drug-likeness (QED) is 0.215.